The van der Waals surface area contributed by atoms with Crippen LogP contribution in [0.2, 0.25) is 10.0 Å². The maximum Gasteiger partial charge on any atom is 0.266 e. The van der Waals surface area contributed by atoms with E-state index in [1.54, 1.807) is 36.3 Å². The molecule has 0 N–H and O–H groups in total. The number of benzene rings is 1. The van der Waals surface area contributed by atoms with Crippen molar-refractivity contribution in [3.63, 3.8) is 0 Å². The van der Waals surface area contributed by atoms with Crippen molar-refractivity contribution in [3.05, 3.63) is 51.0 Å². The van der Waals surface area contributed by atoms with Gasteiger partial charge in [0.15, 0.2) is 0 Å². The molecule has 2 heterocycles. The third kappa shape index (κ3) is 4.32. The molecule has 4 nitrogen and oxygen atoms in total. The number of carbonyl (C=O) groups excluding carboxylic acids is 1. The van der Waals surface area contributed by atoms with Crippen molar-refractivity contribution in [2.24, 2.45) is 0 Å². The number of hydrogen-bond acceptors (Lipinski definition) is 5. The third-order valence-electron chi connectivity index (χ3n) is 3.71. The van der Waals surface area contributed by atoms with Crippen molar-refractivity contribution < 1.29 is 13.9 Å². The van der Waals surface area contributed by atoms with E-state index in [1.807, 2.05) is 12.1 Å². The Labute approximate surface area is 171 Å². The number of furan rings is 1. The minimum absolute atomic E-state index is 0.108. The van der Waals surface area contributed by atoms with E-state index < -0.39 is 0 Å². The van der Waals surface area contributed by atoms with Gasteiger partial charge in [-0.05, 0) is 36.8 Å². The molecule has 26 heavy (non-hydrogen) atoms. The zero-order valence-corrected chi connectivity index (χ0v) is 17.0. The van der Waals surface area contributed by atoms with E-state index in [-0.39, 0.29) is 5.91 Å². The molecule has 0 bridgehead atoms. The molecule has 0 atom stereocenters. The first-order valence-electron chi connectivity index (χ1n) is 7.79. The average Bonchev–Trinajstić information content (AvgIpc) is 3.18. The number of carbonyl (C=O) groups is 1. The molecule has 1 aliphatic rings. The van der Waals surface area contributed by atoms with Gasteiger partial charge in [-0.25, -0.2) is 0 Å². The van der Waals surface area contributed by atoms with Crippen LogP contribution in [0.5, 0.6) is 0 Å². The van der Waals surface area contributed by atoms with Crippen LogP contribution in [0.4, 0.5) is 0 Å². The zero-order valence-electron chi connectivity index (χ0n) is 13.8. The third-order valence-corrected chi connectivity index (χ3v) is 5.82. The van der Waals surface area contributed by atoms with E-state index in [9.17, 15) is 4.79 Å². The monoisotopic (exact) mass is 427 g/mol. The van der Waals surface area contributed by atoms with E-state index >= 15 is 0 Å². The number of rotatable bonds is 6. The van der Waals surface area contributed by atoms with E-state index in [0.29, 0.717) is 43.9 Å². The summed E-state index contributed by atoms with van der Waals surface area (Å²) in [6.07, 6.45) is 2.44. The normalized spacial score (nSPS) is 16.1. The molecule has 0 unspecified atom stereocenters. The summed E-state index contributed by atoms with van der Waals surface area (Å²) < 4.78 is 11.4. The predicted molar refractivity (Wildman–Crippen MR) is 111 cm³/mol. The molecule has 1 aromatic heterocycles. The average molecular weight is 428 g/mol. The van der Waals surface area contributed by atoms with Crippen LogP contribution in [-0.4, -0.2) is 35.4 Å². The predicted octanol–water partition coefficient (Wildman–Crippen LogP) is 5.49. The Balaban J connectivity index is 1.76. The highest BCUT2D eigenvalue weighted by Gasteiger charge is 2.31. The molecule has 1 saturated heterocycles. The number of nitrogens with zero attached hydrogens (tertiary/aromatic N) is 1. The number of ether oxygens (including phenoxy) is 1. The van der Waals surface area contributed by atoms with Crippen LogP contribution in [-0.2, 0) is 9.53 Å². The fourth-order valence-corrected chi connectivity index (χ4v) is 4.01. The number of methoxy groups -OCH3 is 1. The van der Waals surface area contributed by atoms with Gasteiger partial charge in [-0.3, -0.25) is 9.69 Å². The maximum absolute atomic E-state index is 12.5. The molecular weight excluding hydrogens is 413 g/mol. The molecular formula is C18H15Cl2NO3S2. The largest absolute Gasteiger partial charge is 0.457 e. The molecule has 0 spiro atoms. The van der Waals surface area contributed by atoms with Crippen LogP contribution in [0.1, 0.15) is 12.2 Å². The summed E-state index contributed by atoms with van der Waals surface area (Å²) in [6, 6.07) is 8.90. The second-order valence-electron chi connectivity index (χ2n) is 5.51. The van der Waals surface area contributed by atoms with E-state index in [1.165, 1.54) is 11.8 Å². The van der Waals surface area contributed by atoms with Crippen molar-refractivity contribution >= 4 is 63.5 Å². The molecule has 8 heteroatoms. The lowest BCUT2D eigenvalue weighted by Gasteiger charge is -2.13. The highest BCUT2D eigenvalue weighted by Crippen LogP contribution is 2.34. The fraction of sp³-hybridized carbons (Fsp3) is 0.222. The molecule has 1 fully saturated rings. The molecule has 3 rings (SSSR count). The summed E-state index contributed by atoms with van der Waals surface area (Å²) in [7, 11) is 1.63. The van der Waals surface area contributed by atoms with Gasteiger partial charge in [0.2, 0.25) is 0 Å². The number of halogens is 2. The van der Waals surface area contributed by atoms with Gasteiger partial charge in [-0.1, -0.05) is 47.2 Å². The Kier molecular flexibility index (Phi) is 6.42. The highest BCUT2D eigenvalue weighted by molar-refractivity contribution is 8.26. The van der Waals surface area contributed by atoms with E-state index in [0.717, 1.165) is 12.0 Å². The Morgan fingerprint density at radius 1 is 1.27 bits per heavy atom. The van der Waals surface area contributed by atoms with Crippen molar-refractivity contribution in [1.82, 2.24) is 4.90 Å². The minimum Gasteiger partial charge on any atom is -0.457 e. The first kappa shape index (κ1) is 19.5. The van der Waals surface area contributed by atoms with Crippen LogP contribution in [0, 0.1) is 0 Å². The Hall–Kier alpha value is -1.31. The van der Waals surface area contributed by atoms with Crippen LogP contribution < -0.4 is 0 Å². The zero-order chi connectivity index (χ0) is 18.7. The van der Waals surface area contributed by atoms with Gasteiger partial charge in [0, 0.05) is 31.9 Å². The molecule has 1 aromatic carbocycles. The lowest BCUT2D eigenvalue weighted by atomic mass is 10.2. The first-order valence-corrected chi connectivity index (χ1v) is 9.77. The quantitative estimate of drug-likeness (QED) is 0.346. The molecule has 1 amide bonds. The number of thiocarbonyl (C=S) groups is 1. The van der Waals surface area contributed by atoms with Gasteiger partial charge in [0.1, 0.15) is 15.8 Å². The molecule has 0 radical (unpaired) electrons. The standard InChI is InChI=1S/C18H15Cl2NO3S2/c1-23-8-2-7-21-17(22)16(26-18(21)25)10-12-4-6-15(24-12)11-3-5-13(19)14(20)9-11/h3-6,9-10H,2,7-8H2,1H3. The van der Waals surface area contributed by atoms with Gasteiger partial charge < -0.3 is 9.15 Å². The van der Waals surface area contributed by atoms with Crippen LogP contribution in [0.3, 0.4) is 0 Å². The Bertz CT molecular complexity index is 879. The van der Waals surface area contributed by atoms with Gasteiger partial charge in [0.05, 0.1) is 15.0 Å². The number of amides is 1. The summed E-state index contributed by atoms with van der Waals surface area (Å²) in [6.45, 7) is 1.13. The molecule has 0 aliphatic carbocycles. The van der Waals surface area contributed by atoms with Crippen molar-refractivity contribution in [2.45, 2.75) is 6.42 Å². The van der Waals surface area contributed by atoms with E-state index in [4.69, 9.17) is 44.6 Å². The summed E-state index contributed by atoms with van der Waals surface area (Å²) in [4.78, 5) is 14.6. The minimum atomic E-state index is -0.108. The van der Waals surface area contributed by atoms with Gasteiger partial charge >= 0.3 is 0 Å². The SMILES string of the molecule is COCCCN1C(=O)C(=Cc2ccc(-c3ccc(Cl)c(Cl)c3)o2)SC1=S. The van der Waals surface area contributed by atoms with Crippen LogP contribution >= 0.6 is 47.2 Å². The van der Waals surface area contributed by atoms with Gasteiger partial charge in [0.25, 0.3) is 5.91 Å². The lowest BCUT2D eigenvalue weighted by Crippen LogP contribution is -2.29. The molecule has 2 aromatic rings. The van der Waals surface area contributed by atoms with Crippen molar-refractivity contribution in [2.75, 3.05) is 20.3 Å². The first-order chi connectivity index (χ1) is 12.5. The van der Waals surface area contributed by atoms with Crippen LogP contribution in [0.25, 0.3) is 17.4 Å². The molecule has 136 valence electrons. The summed E-state index contributed by atoms with van der Waals surface area (Å²) in [5.41, 5.74) is 0.811. The number of thioether (sulfide) groups is 1. The molecule has 1 aliphatic heterocycles. The smallest absolute Gasteiger partial charge is 0.266 e. The van der Waals surface area contributed by atoms with Gasteiger partial charge in [-0.15, -0.1) is 0 Å². The summed E-state index contributed by atoms with van der Waals surface area (Å²) in [5, 5.41) is 0.943. The maximum atomic E-state index is 12.5. The van der Waals surface area contributed by atoms with E-state index in [2.05, 4.69) is 0 Å². The second-order valence-corrected chi connectivity index (χ2v) is 8.00. The lowest BCUT2D eigenvalue weighted by molar-refractivity contribution is -0.122. The topological polar surface area (TPSA) is 42.7 Å². The Morgan fingerprint density at radius 3 is 2.81 bits per heavy atom. The van der Waals surface area contributed by atoms with Gasteiger partial charge in [-0.2, -0.15) is 0 Å². The van der Waals surface area contributed by atoms with Crippen molar-refractivity contribution in [3.8, 4) is 11.3 Å². The number of hydrogen-bond donors (Lipinski definition) is 0. The fourth-order valence-electron chi connectivity index (χ4n) is 2.42. The Morgan fingerprint density at radius 2 is 2.08 bits per heavy atom. The molecule has 0 saturated carbocycles. The summed E-state index contributed by atoms with van der Waals surface area (Å²) >= 11 is 18.6. The highest BCUT2D eigenvalue weighted by atomic mass is 35.5. The summed E-state index contributed by atoms with van der Waals surface area (Å²) in [5.74, 6) is 1.11. The second kappa shape index (κ2) is 8.59. The van der Waals surface area contributed by atoms with Crippen molar-refractivity contribution in [1.29, 1.82) is 0 Å². The van der Waals surface area contributed by atoms with Crippen LogP contribution in [0.15, 0.2) is 39.7 Å².